The lowest BCUT2D eigenvalue weighted by Gasteiger charge is -2.25. The van der Waals surface area contributed by atoms with Gasteiger partial charge in [-0.1, -0.05) is 31.4 Å². The SMILES string of the molecule is O=C(N[C@@H](Cc1ccc([N+](=O)[O-])cc1)C(=O)O)c1ccc2c(c1)nc(-c1ccoc1)n2C1CCCCC1. The third kappa shape index (κ3) is 5.09. The summed E-state index contributed by atoms with van der Waals surface area (Å²) in [6.07, 6.45) is 8.89. The minimum atomic E-state index is -1.20. The molecule has 5 rings (SSSR count). The Morgan fingerprint density at radius 1 is 1.14 bits per heavy atom. The molecule has 1 fully saturated rings. The summed E-state index contributed by atoms with van der Waals surface area (Å²) < 4.78 is 7.53. The van der Waals surface area contributed by atoms with Gasteiger partial charge in [0.25, 0.3) is 11.6 Å². The number of carboxylic acid groups (broad SMARTS) is 1. The highest BCUT2D eigenvalue weighted by atomic mass is 16.6. The zero-order valence-corrected chi connectivity index (χ0v) is 20.0. The molecule has 2 N–H and O–H groups in total. The summed E-state index contributed by atoms with van der Waals surface area (Å²) in [6, 6.07) is 11.8. The molecule has 2 heterocycles. The number of carbonyl (C=O) groups is 2. The summed E-state index contributed by atoms with van der Waals surface area (Å²) in [7, 11) is 0. The molecule has 10 nitrogen and oxygen atoms in total. The molecular formula is C27H26N4O6. The zero-order chi connectivity index (χ0) is 25.9. The summed E-state index contributed by atoms with van der Waals surface area (Å²) >= 11 is 0. The Kier molecular flexibility index (Phi) is 6.72. The van der Waals surface area contributed by atoms with Gasteiger partial charge in [0.2, 0.25) is 0 Å². The number of fused-ring (bicyclic) bond motifs is 1. The number of rotatable bonds is 8. The van der Waals surface area contributed by atoms with Gasteiger partial charge in [-0.15, -0.1) is 0 Å². The number of non-ortho nitro benzene ring substituents is 1. The van der Waals surface area contributed by atoms with Crippen molar-refractivity contribution in [3.63, 3.8) is 0 Å². The van der Waals surface area contributed by atoms with E-state index in [4.69, 9.17) is 9.40 Å². The minimum Gasteiger partial charge on any atom is -0.480 e. The van der Waals surface area contributed by atoms with Crippen molar-refractivity contribution in [2.75, 3.05) is 0 Å². The molecule has 0 bridgehead atoms. The van der Waals surface area contributed by atoms with E-state index in [0.717, 1.165) is 42.6 Å². The number of hydrogen-bond donors (Lipinski definition) is 2. The average molecular weight is 503 g/mol. The molecule has 1 aliphatic carbocycles. The van der Waals surface area contributed by atoms with E-state index in [1.54, 1.807) is 24.7 Å². The average Bonchev–Trinajstić information content (AvgIpc) is 3.56. The second-order valence-corrected chi connectivity index (χ2v) is 9.30. The number of hydrogen-bond acceptors (Lipinski definition) is 6. The maximum atomic E-state index is 13.0. The van der Waals surface area contributed by atoms with Crippen LogP contribution in [0.5, 0.6) is 0 Å². The van der Waals surface area contributed by atoms with Gasteiger partial charge in [0.05, 0.1) is 27.8 Å². The van der Waals surface area contributed by atoms with Crippen LogP contribution in [0, 0.1) is 10.1 Å². The van der Waals surface area contributed by atoms with E-state index in [1.165, 1.54) is 30.7 Å². The lowest BCUT2D eigenvalue weighted by molar-refractivity contribution is -0.384. The van der Waals surface area contributed by atoms with Crippen molar-refractivity contribution in [3.8, 4) is 11.4 Å². The van der Waals surface area contributed by atoms with E-state index in [1.807, 2.05) is 12.1 Å². The maximum absolute atomic E-state index is 13.0. The van der Waals surface area contributed by atoms with Crippen molar-refractivity contribution in [2.24, 2.45) is 0 Å². The molecular weight excluding hydrogens is 476 g/mol. The number of imidazole rings is 1. The molecule has 10 heteroatoms. The molecule has 2 aromatic heterocycles. The fraction of sp³-hybridized carbons (Fsp3) is 0.296. The Hall–Kier alpha value is -4.47. The number of furan rings is 1. The first-order chi connectivity index (χ1) is 17.9. The van der Waals surface area contributed by atoms with Crippen LogP contribution in [0.3, 0.4) is 0 Å². The zero-order valence-electron chi connectivity index (χ0n) is 20.0. The minimum absolute atomic E-state index is 0.0117. The van der Waals surface area contributed by atoms with E-state index >= 15 is 0 Å². The molecule has 0 saturated heterocycles. The van der Waals surface area contributed by atoms with Gasteiger partial charge in [0.15, 0.2) is 0 Å². The van der Waals surface area contributed by atoms with E-state index < -0.39 is 22.8 Å². The number of nitro benzene ring substituents is 1. The van der Waals surface area contributed by atoms with Crippen molar-refractivity contribution < 1.29 is 24.0 Å². The van der Waals surface area contributed by atoms with Gasteiger partial charge in [-0.2, -0.15) is 0 Å². The van der Waals surface area contributed by atoms with Crippen LogP contribution in [0.1, 0.15) is 54.1 Å². The van der Waals surface area contributed by atoms with Crippen LogP contribution in [0.25, 0.3) is 22.4 Å². The third-order valence-electron chi connectivity index (χ3n) is 6.86. The second-order valence-electron chi connectivity index (χ2n) is 9.30. The summed E-state index contributed by atoms with van der Waals surface area (Å²) in [4.78, 5) is 40.1. The maximum Gasteiger partial charge on any atom is 0.326 e. The molecule has 2 aromatic carbocycles. The molecule has 0 unspecified atom stereocenters. The lowest BCUT2D eigenvalue weighted by atomic mass is 9.95. The van der Waals surface area contributed by atoms with Crippen molar-refractivity contribution in [2.45, 2.75) is 50.6 Å². The fourth-order valence-electron chi connectivity index (χ4n) is 4.98. The van der Waals surface area contributed by atoms with Crippen LogP contribution in [-0.2, 0) is 11.2 Å². The van der Waals surface area contributed by atoms with Crippen LogP contribution >= 0.6 is 0 Å². The van der Waals surface area contributed by atoms with Crippen molar-refractivity contribution >= 4 is 28.6 Å². The first-order valence-electron chi connectivity index (χ1n) is 12.2. The number of carbonyl (C=O) groups excluding carboxylic acids is 1. The van der Waals surface area contributed by atoms with Gasteiger partial charge in [-0.25, -0.2) is 9.78 Å². The molecule has 1 saturated carbocycles. The highest BCUT2D eigenvalue weighted by Crippen LogP contribution is 2.36. The number of nitrogens with zero attached hydrogens (tertiary/aromatic N) is 3. The second kappa shape index (κ2) is 10.3. The lowest BCUT2D eigenvalue weighted by Crippen LogP contribution is -2.42. The summed E-state index contributed by atoms with van der Waals surface area (Å²) in [5.74, 6) is -0.945. The topological polar surface area (TPSA) is 140 Å². The Labute approximate surface area is 212 Å². The summed E-state index contributed by atoms with van der Waals surface area (Å²) in [5, 5.41) is 23.1. The predicted octanol–water partition coefficient (Wildman–Crippen LogP) is 5.14. The van der Waals surface area contributed by atoms with Gasteiger partial charge in [0.1, 0.15) is 18.1 Å². The van der Waals surface area contributed by atoms with Crippen LogP contribution < -0.4 is 5.32 Å². The van der Waals surface area contributed by atoms with Gasteiger partial charge in [-0.3, -0.25) is 14.9 Å². The third-order valence-corrected chi connectivity index (χ3v) is 6.86. The van der Waals surface area contributed by atoms with Crippen molar-refractivity contribution in [3.05, 3.63) is 82.3 Å². The van der Waals surface area contributed by atoms with Crippen LogP contribution in [0.2, 0.25) is 0 Å². The molecule has 37 heavy (non-hydrogen) atoms. The van der Waals surface area contributed by atoms with E-state index in [2.05, 4.69) is 9.88 Å². The molecule has 190 valence electrons. The van der Waals surface area contributed by atoms with E-state index in [0.29, 0.717) is 22.7 Å². The van der Waals surface area contributed by atoms with Crippen molar-refractivity contribution in [1.29, 1.82) is 0 Å². The number of aliphatic carboxylic acids is 1. The van der Waals surface area contributed by atoms with Crippen LogP contribution in [-0.4, -0.2) is 37.5 Å². The molecule has 0 spiro atoms. The largest absolute Gasteiger partial charge is 0.480 e. The van der Waals surface area contributed by atoms with Gasteiger partial charge >= 0.3 is 5.97 Å². The number of amides is 1. The summed E-state index contributed by atoms with van der Waals surface area (Å²) in [5.41, 5.74) is 3.20. The molecule has 1 aliphatic rings. The molecule has 0 radical (unpaired) electrons. The first kappa shape index (κ1) is 24.2. The Morgan fingerprint density at radius 3 is 2.54 bits per heavy atom. The molecule has 4 aromatic rings. The predicted molar refractivity (Wildman–Crippen MR) is 135 cm³/mol. The highest BCUT2D eigenvalue weighted by Gasteiger charge is 2.25. The quantitative estimate of drug-likeness (QED) is 0.251. The Balaban J connectivity index is 1.41. The molecule has 0 aliphatic heterocycles. The standard InChI is InChI=1S/C27H26N4O6/c32-26(29-23(27(33)34)14-17-6-9-21(10-7-17)31(35)36)18-8-11-24-22(15-18)28-25(19-12-13-37-16-19)30(24)20-4-2-1-3-5-20/h6-13,15-16,20,23H,1-5,14H2,(H,29,32)(H,33,34)/t23-/m0/s1. The van der Waals surface area contributed by atoms with Crippen LogP contribution in [0.15, 0.2) is 65.5 Å². The summed E-state index contributed by atoms with van der Waals surface area (Å²) in [6.45, 7) is 0. The van der Waals surface area contributed by atoms with E-state index in [9.17, 15) is 24.8 Å². The molecule has 1 amide bonds. The highest BCUT2D eigenvalue weighted by molar-refractivity contribution is 5.99. The number of aromatic nitrogens is 2. The van der Waals surface area contributed by atoms with E-state index in [-0.39, 0.29) is 12.1 Å². The normalized spacial score (nSPS) is 14.9. The Morgan fingerprint density at radius 2 is 1.89 bits per heavy atom. The van der Waals surface area contributed by atoms with Gasteiger partial charge in [-0.05, 0) is 42.7 Å². The van der Waals surface area contributed by atoms with Gasteiger partial charge < -0.3 is 19.4 Å². The number of nitrogens with one attached hydrogen (secondary N) is 1. The monoisotopic (exact) mass is 502 g/mol. The van der Waals surface area contributed by atoms with Crippen molar-refractivity contribution in [1.82, 2.24) is 14.9 Å². The number of nitro groups is 1. The fourth-order valence-corrected chi connectivity index (χ4v) is 4.98. The number of benzene rings is 2. The van der Waals surface area contributed by atoms with Crippen LogP contribution in [0.4, 0.5) is 5.69 Å². The number of carboxylic acids is 1. The Bertz CT molecular complexity index is 1440. The first-order valence-corrected chi connectivity index (χ1v) is 12.2. The van der Waals surface area contributed by atoms with Gasteiger partial charge in [0, 0.05) is 30.2 Å². The molecule has 1 atom stereocenters. The smallest absolute Gasteiger partial charge is 0.326 e.